The number of anilines is 1. The van der Waals surface area contributed by atoms with E-state index in [1.54, 1.807) is 31.4 Å². The van der Waals surface area contributed by atoms with Gasteiger partial charge in [-0.05, 0) is 71.1 Å². The summed E-state index contributed by atoms with van der Waals surface area (Å²) in [6.07, 6.45) is 4.24. The summed E-state index contributed by atoms with van der Waals surface area (Å²) < 4.78 is 31.5. The molecule has 1 fully saturated rings. The van der Waals surface area contributed by atoms with E-state index in [1.165, 1.54) is 0 Å². The van der Waals surface area contributed by atoms with Gasteiger partial charge >= 0.3 is 0 Å². The van der Waals surface area contributed by atoms with Crippen LogP contribution < -0.4 is 10.1 Å². The number of amides is 1. The number of hydrogen-bond donors (Lipinski definition) is 1. The van der Waals surface area contributed by atoms with Crippen molar-refractivity contribution in [3.63, 3.8) is 0 Å². The number of sulfone groups is 1. The monoisotopic (exact) mass is 465 g/mol. The standard InChI is InChI=1S/C21H24BrNO4S/c1-27-20-11-9-15(13-19(20)22)10-12-21(24)23-16-5-4-8-18(14-16)28(25,26)17-6-2-3-7-17/h4-5,8-9,11,13-14,17H,2-3,6-7,10,12H2,1H3,(H,23,24). The Labute approximate surface area is 174 Å². The first-order valence-electron chi connectivity index (χ1n) is 9.36. The average molecular weight is 466 g/mol. The molecule has 0 radical (unpaired) electrons. The summed E-state index contributed by atoms with van der Waals surface area (Å²) in [5, 5.41) is 2.51. The van der Waals surface area contributed by atoms with E-state index in [2.05, 4.69) is 21.2 Å². The van der Waals surface area contributed by atoms with Gasteiger partial charge in [0.2, 0.25) is 5.91 Å². The van der Waals surface area contributed by atoms with Crippen LogP contribution in [0, 0.1) is 0 Å². The van der Waals surface area contributed by atoms with Crippen LogP contribution in [-0.4, -0.2) is 26.7 Å². The highest BCUT2D eigenvalue weighted by molar-refractivity contribution is 9.10. The van der Waals surface area contributed by atoms with Crippen molar-refractivity contribution in [1.82, 2.24) is 0 Å². The van der Waals surface area contributed by atoms with Crippen molar-refractivity contribution in [3.8, 4) is 5.75 Å². The van der Waals surface area contributed by atoms with E-state index in [4.69, 9.17) is 4.74 Å². The van der Waals surface area contributed by atoms with Gasteiger partial charge < -0.3 is 10.1 Å². The Kier molecular flexibility index (Phi) is 6.78. The molecule has 0 bridgehead atoms. The quantitative estimate of drug-likeness (QED) is 0.640. The topological polar surface area (TPSA) is 72.5 Å². The van der Waals surface area contributed by atoms with E-state index >= 15 is 0 Å². The molecule has 1 aliphatic rings. The lowest BCUT2D eigenvalue weighted by Gasteiger charge is -2.13. The Morgan fingerprint density at radius 1 is 1.18 bits per heavy atom. The fourth-order valence-corrected chi connectivity index (χ4v) is 5.98. The van der Waals surface area contributed by atoms with Gasteiger partial charge in [0.15, 0.2) is 9.84 Å². The first-order chi connectivity index (χ1) is 13.4. The maximum absolute atomic E-state index is 12.7. The van der Waals surface area contributed by atoms with Gasteiger partial charge in [0.1, 0.15) is 5.75 Å². The van der Waals surface area contributed by atoms with E-state index in [1.807, 2.05) is 18.2 Å². The molecule has 1 amide bonds. The number of halogens is 1. The van der Waals surface area contributed by atoms with Gasteiger partial charge in [-0.15, -0.1) is 0 Å². The molecule has 0 aromatic heterocycles. The molecule has 0 atom stereocenters. The molecule has 2 aromatic rings. The van der Waals surface area contributed by atoms with Crippen LogP contribution >= 0.6 is 15.9 Å². The van der Waals surface area contributed by atoms with Crippen molar-refractivity contribution < 1.29 is 17.9 Å². The second-order valence-corrected chi connectivity index (χ2v) is 10.1. The number of methoxy groups -OCH3 is 1. The fourth-order valence-electron chi connectivity index (χ4n) is 3.49. The molecule has 0 heterocycles. The lowest BCUT2D eigenvalue weighted by Crippen LogP contribution is -2.18. The van der Waals surface area contributed by atoms with Crippen LogP contribution in [0.2, 0.25) is 0 Å². The molecule has 0 saturated heterocycles. The molecule has 0 aliphatic heterocycles. The van der Waals surface area contributed by atoms with E-state index in [0.29, 0.717) is 18.5 Å². The zero-order chi connectivity index (χ0) is 20.1. The first-order valence-corrected chi connectivity index (χ1v) is 11.7. The molecule has 1 N–H and O–H groups in total. The molecular weight excluding hydrogens is 442 g/mol. The van der Waals surface area contributed by atoms with Crippen molar-refractivity contribution in [2.75, 3.05) is 12.4 Å². The molecule has 150 valence electrons. The Hall–Kier alpha value is -1.86. The smallest absolute Gasteiger partial charge is 0.224 e. The largest absolute Gasteiger partial charge is 0.496 e. The maximum atomic E-state index is 12.7. The SMILES string of the molecule is COc1ccc(CCC(=O)Nc2cccc(S(=O)(=O)C3CCCC3)c2)cc1Br. The second-order valence-electron chi connectivity index (χ2n) is 7.00. The van der Waals surface area contributed by atoms with Crippen molar-refractivity contribution in [2.45, 2.75) is 48.7 Å². The highest BCUT2D eigenvalue weighted by Gasteiger charge is 2.30. The van der Waals surface area contributed by atoms with Gasteiger partial charge in [0, 0.05) is 12.1 Å². The number of carbonyl (C=O) groups excluding carboxylic acids is 1. The van der Waals surface area contributed by atoms with Crippen LogP contribution in [0.5, 0.6) is 5.75 Å². The molecule has 7 heteroatoms. The van der Waals surface area contributed by atoms with E-state index in [-0.39, 0.29) is 16.1 Å². The minimum absolute atomic E-state index is 0.151. The van der Waals surface area contributed by atoms with Crippen LogP contribution in [0.1, 0.15) is 37.7 Å². The molecule has 1 saturated carbocycles. The van der Waals surface area contributed by atoms with Crippen LogP contribution in [0.25, 0.3) is 0 Å². The Morgan fingerprint density at radius 2 is 1.93 bits per heavy atom. The summed E-state index contributed by atoms with van der Waals surface area (Å²) in [5.41, 5.74) is 1.53. The maximum Gasteiger partial charge on any atom is 0.224 e. The zero-order valence-electron chi connectivity index (χ0n) is 15.8. The number of ether oxygens (including phenoxy) is 1. The summed E-state index contributed by atoms with van der Waals surface area (Å²) in [7, 11) is -1.73. The van der Waals surface area contributed by atoms with Gasteiger partial charge in [0.25, 0.3) is 0 Å². The summed E-state index contributed by atoms with van der Waals surface area (Å²) >= 11 is 3.44. The van der Waals surface area contributed by atoms with Crippen molar-refractivity contribution >= 4 is 37.4 Å². The molecule has 5 nitrogen and oxygen atoms in total. The minimum Gasteiger partial charge on any atom is -0.496 e. The van der Waals surface area contributed by atoms with Crippen molar-refractivity contribution in [2.24, 2.45) is 0 Å². The number of nitrogens with one attached hydrogen (secondary N) is 1. The predicted octanol–water partition coefficient (Wildman–Crippen LogP) is 4.75. The van der Waals surface area contributed by atoms with E-state index < -0.39 is 9.84 Å². The summed E-state index contributed by atoms with van der Waals surface area (Å²) in [4.78, 5) is 12.6. The number of hydrogen-bond acceptors (Lipinski definition) is 4. The normalized spacial score (nSPS) is 14.8. The van der Waals surface area contributed by atoms with E-state index in [0.717, 1.165) is 41.5 Å². The minimum atomic E-state index is -3.33. The molecular formula is C21H24BrNO4S. The van der Waals surface area contributed by atoms with Crippen LogP contribution in [0.15, 0.2) is 51.8 Å². The third-order valence-corrected chi connectivity index (χ3v) is 7.92. The molecule has 0 unspecified atom stereocenters. The first kappa shape index (κ1) is 20.9. The Bertz CT molecular complexity index is 953. The Balaban J connectivity index is 1.62. The molecule has 3 rings (SSSR count). The van der Waals surface area contributed by atoms with Gasteiger partial charge in [-0.2, -0.15) is 0 Å². The van der Waals surface area contributed by atoms with Crippen molar-refractivity contribution in [3.05, 3.63) is 52.5 Å². The van der Waals surface area contributed by atoms with Gasteiger partial charge in [-0.1, -0.05) is 25.0 Å². The lowest BCUT2D eigenvalue weighted by molar-refractivity contribution is -0.116. The lowest BCUT2D eigenvalue weighted by atomic mass is 10.1. The summed E-state index contributed by atoms with van der Waals surface area (Å²) in [6, 6.07) is 12.3. The number of benzene rings is 2. The van der Waals surface area contributed by atoms with Gasteiger partial charge in [-0.25, -0.2) is 8.42 Å². The van der Waals surface area contributed by atoms with Crippen LogP contribution in [-0.2, 0) is 21.1 Å². The van der Waals surface area contributed by atoms with Crippen LogP contribution in [0.3, 0.4) is 0 Å². The van der Waals surface area contributed by atoms with Gasteiger partial charge in [-0.3, -0.25) is 4.79 Å². The highest BCUT2D eigenvalue weighted by atomic mass is 79.9. The fraction of sp³-hybridized carbons (Fsp3) is 0.381. The average Bonchev–Trinajstić information content (AvgIpc) is 3.22. The summed E-state index contributed by atoms with van der Waals surface area (Å²) in [6.45, 7) is 0. The van der Waals surface area contributed by atoms with E-state index in [9.17, 15) is 13.2 Å². The predicted molar refractivity (Wildman–Crippen MR) is 114 cm³/mol. The zero-order valence-corrected chi connectivity index (χ0v) is 18.2. The second kappa shape index (κ2) is 9.09. The summed E-state index contributed by atoms with van der Waals surface area (Å²) in [5.74, 6) is 0.593. The highest BCUT2D eigenvalue weighted by Crippen LogP contribution is 2.30. The molecule has 0 spiro atoms. The molecule has 1 aliphatic carbocycles. The van der Waals surface area contributed by atoms with Crippen molar-refractivity contribution in [1.29, 1.82) is 0 Å². The number of rotatable bonds is 7. The van der Waals surface area contributed by atoms with Gasteiger partial charge in [0.05, 0.1) is 21.7 Å². The molecule has 2 aromatic carbocycles. The third kappa shape index (κ3) is 4.94. The number of aryl methyl sites for hydroxylation is 1. The Morgan fingerprint density at radius 3 is 2.61 bits per heavy atom. The van der Waals surface area contributed by atoms with Crippen LogP contribution in [0.4, 0.5) is 5.69 Å². The number of carbonyl (C=O) groups is 1. The third-order valence-electron chi connectivity index (χ3n) is 5.04. The molecule has 28 heavy (non-hydrogen) atoms.